The van der Waals surface area contributed by atoms with Crippen molar-refractivity contribution in [3.63, 3.8) is 0 Å². The van der Waals surface area contributed by atoms with Gasteiger partial charge in [0.1, 0.15) is 0 Å². The van der Waals surface area contributed by atoms with Gasteiger partial charge in [0.25, 0.3) is 0 Å². The third-order valence-corrected chi connectivity index (χ3v) is 4.22. The van der Waals surface area contributed by atoms with Crippen LogP contribution < -0.4 is 5.32 Å². The third kappa shape index (κ3) is 3.55. The fourth-order valence-electron chi connectivity index (χ4n) is 2.85. The summed E-state index contributed by atoms with van der Waals surface area (Å²) in [6.07, 6.45) is 3.23. The molecule has 1 aliphatic rings. The van der Waals surface area contributed by atoms with E-state index in [1.165, 1.54) is 5.56 Å². The molecule has 0 saturated carbocycles. The van der Waals surface area contributed by atoms with Gasteiger partial charge in [0.2, 0.25) is 0 Å². The maximum absolute atomic E-state index is 10.5. The zero-order valence-electron chi connectivity index (χ0n) is 12.9. The van der Waals surface area contributed by atoms with Crippen molar-refractivity contribution < 1.29 is 9.84 Å². The molecule has 0 aliphatic carbocycles. The summed E-state index contributed by atoms with van der Waals surface area (Å²) in [5.41, 5.74) is 3.86. The van der Waals surface area contributed by atoms with Crippen molar-refractivity contribution in [3.8, 4) is 11.3 Å². The highest BCUT2D eigenvalue weighted by Gasteiger charge is 2.29. The average molecular weight is 301 g/mol. The number of nitrogens with zero attached hydrogens (tertiary/aromatic N) is 1. The van der Waals surface area contributed by atoms with E-state index in [0.717, 1.165) is 16.8 Å². The van der Waals surface area contributed by atoms with Gasteiger partial charge in [-0.25, -0.2) is 0 Å². The van der Waals surface area contributed by atoms with Crippen LogP contribution in [0, 0.1) is 6.92 Å². The second kappa shape index (κ2) is 6.60. The molecule has 0 amide bonds. The summed E-state index contributed by atoms with van der Waals surface area (Å²) in [6, 6.07) is 8.35. The minimum absolute atomic E-state index is 0.578. The summed E-state index contributed by atoms with van der Waals surface area (Å²) >= 11 is 0. The quantitative estimate of drug-likeness (QED) is 0.790. The van der Waals surface area contributed by atoms with Crippen molar-refractivity contribution in [2.45, 2.75) is 31.9 Å². The molecular formula is C17H23N3O2. The van der Waals surface area contributed by atoms with Crippen LogP contribution in [-0.4, -0.2) is 40.7 Å². The Hall–Kier alpha value is -1.69. The fraction of sp³-hybridized carbons (Fsp3) is 0.471. The second-order valence-corrected chi connectivity index (χ2v) is 6.08. The van der Waals surface area contributed by atoms with Crippen LogP contribution in [-0.2, 0) is 11.3 Å². The number of hydrogen-bond acceptors (Lipinski definition) is 4. The molecule has 5 heteroatoms. The van der Waals surface area contributed by atoms with E-state index < -0.39 is 5.60 Å². The standard InChI is InChI=1S/C17H23N3O2/c1-13-3-2-4-14(9-13)16-15(11-19-20-16)10-18-12-17(21)5-7-22-8-6-17/h2-4,9,11,18,21H,5-8,10,12H2,1H3,(H,19,20). The number of hydrogen-bond donors (Lipinski definition) is 3. The Bertz CT molecular complexity index is 618. The van der Waals surface area contributed by atoms with E-state index in [0.29, 0.717) is 39.1 Å². The van der Waals surface area contributed by atoms with E-state index in [-0.39, 0.29) is 0 Å². The molecule has 22 heavy (non-hydrogen) atoms. The van der Waals surface area contributed by atoms with Crippen LogP contribution in [0.4, 0.5) is 0 Å². The van der Waals surface area contributed by atoms with Crippen molar-refractivity contribution in [2.24, 2.45) is 0 Å². The molecule has 1 fully saturated rings. The van der Waals surface area contributed by atoms with Gasteiger partial charge in [0, 0.05) is 50.3 Å². The minimum atomic E-state index is -0.647. The Kier molecular flexibility index (Phi) is 4.57. The van der Waals surface area contributed by atoms with E-state index in [1.807, 2.05) is 12.3 Å². The van der Waals surface area contributed by atoms with Crippen molar-refractivity contribution in [2.75, 3.05) is 19.8 Å². The molecule has 0 spiro atoms. The van der Waals surface area contributed by atoms with Gasteiger partial charge >= 0.3 is 0 Å². The highest BCUT2D eigenvalue weighted by Crippen LogP contribution is 2.23. The van der Waals surface area contributed by atoms with Gasteiger partial charge in [-0.05, 0) is 13.0 Å². The monoisotopic (exact) mass is 301 g/mol. The van der Waals surface area contributed by atoms with Crippen molar-refractivity contribution in [1.29, 1.82) is 0 Å². The predicted octanol–water partition coefficient (Wildman–Crippen LogP) is 2.02. The molecule has 1 aromatic heterocycles. The number of ether oxygens (including phenoxy) is 1. The largest absolute Gasteiger partial charge is 0.388 e. The van der Waals surface area contributed by atoms with E-state index >= 15 is 0 Å². The Morgan fingerprint density at radius 3 is 2.95 bits per heavy atom. The van der Waals surface area contributed by atoms with Crippen LogP contribution in [0.2, 0.25) is 0 Å². The number of aromatic amines is 1. The lowest BCUT2D eigenvalue weighted by Crippen LogP contribution is -2.44. The molecule has 118 valence electrons. The highest BCUT2D eigenvalue weighted by atomic mass is 16.5. The number of rotatable bonds is 5. The lowest BCUT2D eigenvalue weighted by atomic mass is 9.94. The molecule has 3 N–H and O–H groups in total. The number of nitrogens with one attached hydrogen (secondary N) is 2. The van der Waals surface area contributed by atoms with E-state index in [4.69, 9.17) is 4.74 Å². The molecule has 1 saturated heterocycles. The Morgan fingerprint density at radius 1 is 1.36 bits per heavy atom. The van der Waals surface area contributed by atoms with Gasteiger partial charge in [-0.1, -0.05) is 23.8 Å². The molecule has 0 bridgehead atoms. The van der Waals surface area contributed by atoms with Crippen molar-refractivity contribution in [1.82, 2.24) is 15.5 Å². The van der Waals surface area contributed by atoms with Crippen LogP contribution >= 0.6 is 0 Å². The first-order valence-corrected chi connectivity index (χ1v) is 7.76. The van der Waals surface area contributed by atoms with Gasteiger partial charge in [0.15, 0.2) is 0 Å². The number of benzene rings is 1. The van der Waals surface area contributed by atoms with Crippen LogP contribution in [0.15, 0.2) is 30.5 Å². The zero-order chi connectivity index (χ0) is 15.4. The molecule has 1 aromatic carbocycles. The average Bonchev–Trinajstić information content (AvgIpc) is 2.96. The molecule has 1 aliphatic heterocycles. The molecule has 2 heterocycles. The van der Waals surface area contributed by atoms with Crippen LogP contribution in [0.3, 0.4) is 0 Å². The molecular weight excluding hydrogens is 278 g/mol. The Balaban J connectivity index is 1.63. The Morgan fingerprint density at radius 2 is 2.18 bits per heavy atom. The summed E-state index contributed by atoms with van der Waals surface area (Å²) in [7, 11) is 0. The molecule has 0 radical (unpaired) electrons. The van der Waals surface area contributed by atoms with E-state index in [1.54, 1.807) is 0 Å². The minimum Gasteiger partial charge on any atom is -0.388 e. The predicted molar refractivity (Wildman–Crippen MR) is 85.5 cm³/mol. The van der Waals surface area contributed by atoms with Gasteiger partial charge in [-0.2, -0.15) is 5.10 Å². The SMILES string of the molecule is Cc1cccc(-c2[nH]ncc2CNCC2(O)CCOCC2)c1. The van der Waals surface area contributed by atoms with Crippen LogP contribution in [0.1, 0.15) is 24.0 Å². The highest BCUT2D eigenvalue weighted by molar-refractivity contribution is 5.63. The lowest BCUT2D eigenvalue weighted by Gasteiger charge is -2.32. The smallest absolute Gasteiger partial charge is 0.0815 e. The molecule has 2 aromatic rings. The maximum atomic E-state index is 10.5. The first-order valence-electron chi connectivity index (χ1n) is 7.76. The fourth-order valence-corrected chi connectivity index (χ4v) is 2.85. The normalized spacial score (nSPS) is 17.5. The topological polar surface area (TPSA) is 70.2 Å². The van der Waals surface area contributed by atoms with E-state index in [9.17, 15) is 5.11 Å². The first-order chi connectivity index (χ1) is 10.7. The molecule has 5 nitrogen and oxygen atoms in total. The lowest BCUT2D eigenvalue weighted by molar-refractivity contribution is -0.0616. The van der Waals surface area contributed by atoms with E-state index in [2.05, 4.69) is 40.6 Å². The second-order valence-electron chi connectivity index (χ2n) is 6.08. The summed E-state index contributed by atoms with van der Waals surface area (Å²) < 4.78 is 5.30. The molecule has 3 rings (SSSR count). The van der Waals surface area contributed by atoms with Gasteiger partial charge < -0.3 is 15.2 Å². The number of aliphatic hydroxyl groups is 1. The van der Waals surface area contributed by atoms with Crippen molar-refractivity contribution >= 4 is 0 Å². The third-order valence-electron chi connectivity index (χ3n) is 4.22. The van der Waals surface area contributed by atoms with Gasteiger partial charge in [0.05, 0.1) is 17.5 Å². The summed E-state index contributed by atoms with van der Waals surface area (Å²) in [4.78, 5) is 0. The summed E-state index contributed by atoms with van der Waals surface area (Å²) in [5.74, 6) is 0. The first kappa shape index (κ1) is 15.2. The number of aryl methyl sites for hydroxylation is 1. The van der Waals surface area contributed by atoms with Crippen LogP contribution in [0.25, 0.3) is 11.3 Å². The van der Waals surface area contributed by atoms with Crippen molar-refractivity contribution in [3.05, 3.63) is 41.6 Å². The molecule has 0 atom stereocenters. The molecule has 0 unspecified atom stereocenters. The summed E-state index contributed by atoms with van der Waals surface area (Å²) in [6.45, 7) is 4.62. The van der Waals surface area contributed by atoms with Crippen LogP contribution in [0.5, 0.6) is 0 Å². The van der Waals surface area contributed by atoms with Gasteiger partial charge in [-0.3, -0.25) is 5.10 Å². The van der Waals surface area contributed by atoms with Gasteiger partial charge in [-0.15, -0.1) is 0 Å². The number of H-pyrrole nitrogens is 1. The number of aromatic nitrogens is 2. The Labute approximate surface area is 130 Å². The maximum Gasteiger partial charge on any atom is 0.0815 e. The summed E-state index contributed by atoms with van der Waals surface area (Å²) in [5, 5.41) is 21.1. The zero-order valence-corrected chi connectivity index (χ0v) is 12.9.